The number of carbonyl (C=O) groups excluding carboxylic acids is 1. The molecule has 5 aromatic rings. The van der Waals surface area contributed by atoms with Crippen molar-refractivity contribution >= 4 is 45.9 Å². The Morgan fingerprint density at radius 2 is 1.42 bits per heavy atom. The minimum Gasteiger partial charge on any atom is -0.310 e. The second kappa shape index (κ2) is 10.3. The molecular formula is C45H34N2O. The zero-order valence-electron chi connectivity index (χ0n) is 27.3. The number of fused-ring (bicyclic) bond motifs is 8. The lowest BCUT2D eigenvalue weighted by Gasteiger charge is -2.42. The Hall–Kier alpha value is -5.93. The monoisotopic (exact) mass is 618 g/mol. The van der Waals surface area contributed by atoms with Crippen LogP contribution >= 0.6 is 0 Å². The molecule has 3 nitrogen and oxygen atoms in total. The molecule has 0 saturated heterocycles. The second-order valence-corrected chi connectivity index (χ2v) is 13.3. The molecule has 9 rings (SSSR count). The summed E-state index contributed by atoms with van der Waals surface area (Å²) in [6, 6.07) is 42.8. The van der Waals surface area contributed by atoms with E-state index in [-0.39, 0.29) is 11.2 Å². The highest BCUT2D eigenvalue weighted by atomic mass is 16.1. The molecule has 0 bridgehead atoms. The topological polar surface area (TPSA) is 25.2 Å². The summed E-state index contributed by atoms with van der Waals surface area (Å²) in [5, 5.41) is 1.15. The lowest BCUT2D eigenvalue weighted by Crippen LogP contribution is -2.30. The first kappa shape index (κ1) is 28.3. The highest BCUT2D eigenvalue weighted by Gasteiger charge is 2.39. The first-order valence-electron chi connectivity index (χ1n) is 16.6. The van der Waals surface area contributed by atoms with Crippen LogP contribution in [0.2, 0.25) is 0 Å². The predicted molar refractivity (Wildman–Crippen MR) is 200 cm³/mol. The van der Waals surface area contributed by atoms with Crippen molar-refractivity contribution in [2.75, 3.05) is 4.90 Å². The van der Waals surface area contributed by atoms with Gasteiger partial charge in [0.25, 0.3) is 0 Å². The van der Waals surface area contributed by atoms with Gasteiger partial charge in [-0.15, -0.1) is 0 Å². The molecule has 0 amide bonds. The normalized spacial score (nSPS) is 14.3. The van der Waals surface area contributed by atoms with Crippen LogP contribution in [0.3, 0.4) is 0 Å². The van der Waals surface area contributed by atoms with Crippen LogP contribution in [0.15, 0.2) is 134 Å². The molecule has 0 radical (unpaired) electrons. The number of ketones is 1. The minimum atomic E-state index is -0.268. The van der Waals surface area contributed by atoms with Crippen LogP contribution in [0.4, 0.5) is 17.1 Å². The summed E-state index contributed by atoms with van der Waals surface area (Å²) in [6.45, 7) is 11.0. The number of nitrogens with zero attached hydrogens (tertiary/aromatic N) is 2. The number of para-hydroxylation sites is 2. The molecule has 3 aliphatic carbocycles. The van der Waals surface area contributed by atoms with E-state index in [1.807, 2.05) is 30.3 Å². The Bertz CT molecular complexity index is 2480. The largest absolute Gasteiger partial charge is 0.310 e. The maximum Gasteiger partial charge on any atom is 0.194 e. The third-order valence-electron chi connectivity index (χ3n) is 10.4. The van der Waals surface area contributed by atoms with Gasteiger partial charge in [0.1, 0.15) is 0 Å². The van der Waals surface area contributed by atoms with Gasteiger partial charge < -0.3 is 9.47 Å². The van der Waals surface area contributed by atoms with E-state index >= 15 is 0 Å². The van der Waals surface area contributed by atoms with E-state index in [0.717, 1.165) is 78.3 Å². The van der Waals surface area contributed by atoms with Gasteiger partial charge in [-0.3, -0.25) is 4.79 Å². The van der Waals surface area contributed by atoms with Gasteiger partial charge in [0.15, 0.2) is 5.78 Å². The van der Waals surface area contributed by atoms with Crippen LogP contribution in [-0.2, 0) is 5.41 Å². The Labute approximate surface area is 281 Å². The van der Waals surface area contributed by atoms with Crippen LogP contribution in [0.25, 0.3) is 51.0 Å². The van der Waals surface area contributed by atoms with Gasteiger partial charge >= 0.3 is 0 Å². The van der Waals surface area contributed by atoms with Crippen molar-refractivity contribution < 1.29 is 4.79 Å². The van der Waals surface area contributed by atoms with Crippen molar-refractivity contribution in [3.05, 3.63) is 167 Å². The second-order valence-electron chi connectivity index (χ2n) is 13.3. The Balaban J connectivity index is 1.33. The summed E-state index contributed by atoms with van der Waals surface area (Å²) in [4.78, 5) is 16.2. The van der Waals surface area contributed by atoms with Crippen LogP contribution in [0, 0.1) is 0 Å². The molecule has 0 spiro atoms. The highest BCUT2D eigenvalue weighted by molar-refractivity contribution is 6.26. The van der Waals surface area contributed by atoms with Crippen LogP contribution in [0.1, 0.15) is 59.1 Å². The minimum absolute atomic E-state index is 0.101. The van der Waals surface area contributed by atoms with Crippen LogP contribution in [-0.4, -0.2) is 10.4 Å². The molecule has 48 heavy (non-hydrogen) atoms. The maximum absolute atomic E-state index is 13.8. The van der Waals surface area contributed by atoms with Gasteiger partial charge in [0, 0.05) is 38.9 Å². The zero-order valence-corrected chi connectivity index (χ0v) is 27.3. The lowest BCUT2D eigenvalue weighted by molar-refractivity contribution is 0.104. The van der Waals surface area contributed by atoms with Crippen LogP contribution < -0.4 is 4.90 Å². The smallest absolute Gasteiger partial charge is 0.194 e. The fourth-order valence-corrected chi connectivity index (χ4v) is 8.16. The molecule has 0 saturated carbocycles. The molecule has 1 aromatic heterocycles. The number of aromatic nitrogens is 1. The third-order valence-corrected chi connectivity index (χ3v) is 10.4. The third kappa shape index (κ3) is 3.79. The average Bonchev–Trinajstić information content (AvgIpc) is 3.63. The molecule has 0 N–H and O–H groups in total. The summed E-state index contributed by atoms with van der Waals surface area (Å²) in [7, 11) is 0. The quantitative estimate of drug-likeness (QED) is 0.196. The van der Waals surface area contributed by atoms with Crippen molar-refractivity contribution in [3.8, 4) is 27.9 Å². The highest BCUT2D eigenvalue weighted by Crippen LogP contribution is 2.55. The Morgan fingerprint density at radius 1 is 0.667 bits per heavy atom. The number of carbonyl (C=O) groups is 1. The number of allylic oxidation sites excluding steroid dienone is 1. The van der Waals surface area contributed by atoms with Crippen molar-refractivity contribution in [1.82, 2.24) is 4.57 Å². The van der Waals surface area contributed by atoms with E-state index in [2.05, 4.69) is 146 Å². The molecule has 0 atom stereocenters. The Kier molecular flexibility index (Phi) is 6.07. The van der Waals surface area contributed by atoms with Crippen molar-refractivity contribution in [2.45, 2.75) is 26.2 Å². The summed E-state index contributed by atoms with van der Waals surface area (Å²) in [6.07, 6.45) is 6.26. The number of anilines is 3. The van der Waals surface area contributed by atoms with Gasteiger partial charge in [0.05, 0.1) is 22.6 Å². The molecule has 3 heteroatoms. The molecule has 2 heterocycles. The molecular weight excluding hydrogens is 585 g/mol. The van der Waals surface area contributed by atoms with Gasteiger partial charge in [0.2, 0.25) is 0 Å². The SMILES string of the molecule is C=Cc1c(/C=C\C)n(-c2ccccc2)c2cc3c(cc12)N(c1ccc2c(c1)-c1cc4cccccc-4c1C2=O)c1ccccc1C3(C)C. The summed E-state index contributed by atoms with van der Waals surface area (Å²) >= 11 is 0. The average molecular weight is 619 g/mol. The maximum atomic E-state index is 13.8. The molecule has 4 aromatic carbocycles. The summed E-state index contributed by atoms with van der Waals surface area (Å²) in [5.41, 5.74) is 15.7. The number of hydrogen-bond acceptors (Lipinski definition) is 2. The molecule has 4 aliphatic rings. The first-order valence-corrected chi connectivity index (χ1v) is 16.6. The zero-order chi connectivity index (χ0) is 32.7. The summed E-state index contributed by atoms with van der Waals surface area (Å²) in [5.74, 6) is 0.101. The number of rotatable bonds is 4. The van der Waals surface area contributed by atoms with E-state index in [9.17, 15) is 4.79 Å². The van der Waals surface area contributed by atoms with Crippen molar-refractivity contribution in [1.29, 1.82) is 0 Å². The molecule has 1 aliphatic heterocycles. The van der Waals surface area contributed by atoms with Gasteiger partial charge in [-0.1, -0.05) is 99.3 Å². The fraction of sp³-hybridized carbons (Fsp3) is 0.0889. The number of hydrogen-bond donors (Lipinski definition) is 0. The van der Waals surface area contributed by atoms with E-state index in [1.54, 1.807) is 0 Å². The van der Waals surface area contributed by atoms with E-state index in [1.165, 1.54) is 11.1 Å². The van der Waals surface area contributed by atoms with Gasteiger partial charge in [-0.25, -0.2) is 0 Å². The first-order chi connectivity index (χ1) is 23.4. The molecule has 230 valence electrons. The van der Waals surface area contributed by atoms with Gasteiger partial charge in [-0.2, -0.15) is 0 Å². The van der Waals surface area contributed by atoms with E-state index in [4.69, 9.17) is 0 Å². The standard InChI is InChI=1S/C45H34N2O/c1-5-15-39-31(6-2)35-26-42-38(27-41(35)46(39)29-17-10-8-11-18-29)45(3,4)37-20-13-14-21-40(37)47(42)30-22-23-33-34(25-30)36-24-28-16-9-7-12-19-32(28)43(36)44(33)48/h5-27H,2H2,1,3-4H3/b15-5-. The van der Waals surface area contributed by atoms with E-state index in [0.29, 0.717) is 0 Å². The van der Waals surface area contributed by atoms with Crippen LogP contribution in [0.5, 0.6) is 0 Å². The number of benzene rings is 4. The van der Waals surface area contributed by atoms with Crippen molar-refractivity contribution in [3.63, 3.8) is 0 Å². The molecule has 0 fully saturated rings. The lowest BCUT2D eigenvalue weighted by atomic mass is 9.73. The Morgan fingerprint density at radius 3 is 2.21 bits per heavy atom. The summed E-state index contributed by atoms with van der Waals surface area (Å²) < 4.78 is 2.36. The predicted octanol–water partition coefficient (Wildman–Crippen LogP) is 11.7. The molecule has 0 unspecified atom stereocenters. The van der Waals surface area contributed by atoms with Crippen molar-refractivity contribution in [2.24, 2.45) is 0 Å². The van der Waals surface area contributed by atoms with E-state index < -0.39 is 0 Å². The fourth-order valence-electron chi connectivity index (χ4n) is 8.16. The van der Waals surface area contributed by atoms with Gasteiger partial charge in [-0.05, 0) is 101 Å².